The Morgan fingerprint density at radius 3 is 3.05 bits per heavy atom. The van der Waals surface area contributed by atoms with Crippen molar-refractivity contribution < 1.29 is 4.74 Å². The zero-order valence-electron chi connectivity index (χ0n) is 12.1. The third-order valence-electron chi connectivity index (χ3n) is 4.31. The topological polar surface area (TPSA) is 53.1 Å². The van der Waals surface area contributed by atoms with E-state index in [2.05, 4.69) is 28.6 Å². The van der Waals surface area contributed by atoms with Gasteiger partial charge in [-0.2, -0.15) is 0 Å². The molecule has 1 aromatic heterocycles. The highest BCUT2D eigenvalue weighted by atomic mass is 16.5. The number of rotatable bonds is 4. The Balaban J connectivity index is 1.95. The molecule has 0 bridgehead atoms. The molecule has 1 aliphatic rings. The minimum Gasteiger partial charge on any atom is -0.497 e. The molecule has 0 amide bonds. The summed E-state index contributed by atoms with van der Waals surface area (Å²) in [5.74, 6) is 1.94. The van der Waals surface area contributed by atoms with Crippen LogP contribution < -0.4 is 10.5 Å². The van der Waals surface area contributed by atoms with Crippen molar-refractivity contribution in [1.29, 1.82) is 0 Å². The lowest BCUT2D eigenvalue weighted by atomic mass is 9.89. The second kappa shape index (κ2) is 4.94. The molecule has 0 fully saturated rings. The Hall–Kier alpha value is -1.81. The fourth-order valence-electron chi connectivity index (χ4n) is 3.12. The number of fused-ring (bicyclic) bond motifs is 1. The van der Waals surface area contributed by atoms with Crippen LogP contribution in [-0.4, -0.2) is 16.7 Å². The fourth-order valence-corrected chi connectivity index (χ4v) is 3.12. The Bertz CT molecular complexity index is 620. The van der Waals surface area contributed by atoms with Gasteiger partial charge in [-0.3, -0.25) is 0 Å². The summed E-state index contributed by atoms with van der Waals surface area (Å²) in [4.78, 5) is 4.46. The molecule has 0 saturated heterocycles. The summed E-state index contributed by atoms with van der Waals surface area (Å²) < 4.78 is 7.50. The Morgan fingerprint density at radius 1 is 1.45 bits per heavy atom. The van der Waals surface area contributed by atoms with Crippen LogP contribution in [-0.2, 0) is 24.9 Å². The quantitative estimate of drug-likeness (QED) is 0.928. The second-order valence-electron chi connectivity index (χ2n) is 5.49. The lowest BCUT2D eigenvalue weighted by Gasteiger charge is -2.25. The Kier molecular flexibility index (Phi) is 3.26. The minimum atomic E-state index is -0.331. The molecular formula is C16H21N3O. The van der Waals surface area contributed by atoms with Crippen LogP contribution in [0, 0.1) is 0 Å². The van der Waals surface area contributed by atoms with Gasteiger partial charge in [0.15, 0.2) is 0 Å². The van der Waals surface area contributed by atoms with Crippen LogP contribution in [0.25, 0.3) is 0 Å². The van der Waals surface area contributed by atoms with Crippen LogP contribution in [0.5, 0.6) is 5.75 Å². The van der Waals surface area contributed by atoms with Crippen LogP contribution in [0.1, 0.15) is 30.3 Å². The van der Waals surface area contributed by atoms with Gasteiger partial charge in [-0.25, -0.2) is 4.98 Å². The Morgan fingerprint density at radius 2 is 2.30 bits per heavy atom. The number of nitrogens with zero attached hydrogens (tertiary/aromatic N) is 2. The lowest BCUT2D eigenvalue weighted by Crippen LogP contribution is -2.37. The molecule has 4 nitrogen and oxygen atoms in total. The zero-order valence-corrected chi connectivity index (χ0v) is 12.1. The summed E-state index contributed by atoms with van der Waals surface area (Å²) >= 11 is 0. The van der Waals surface area contributed by atoms with Crippen molar-refractivity contribution in [3.63, 3.8) is 0 Å². The highest BCUT2D eigenvalue weighted by Crippen LogP contribution is 2.39. The van der Waals surface area contributed by atoms with Crippen LogP contribution in [0.4, 0.5) is 0 Å². The molecule has 0 aliphatic heterocycles. The van der Waals surface area contributed by atoms with Crippen molar-refractivity contribution in [1.82, 2.24) is 9.55 Å². The normalized spacial score (nSPS) is 20.9. The van der Waals surface area contributed by atoms with Gasteiger partial charge >= 0.3 is 0 Å². The van der Waals surface area contributed by atoms with Gasteiger partial charge in [0.25, 0.3) is 0 Å². The number of aryl methyl sites for hydroxylation is 2. The van der Waals surface area contributed by atoms with E-state index >= 15 is 0 Å². The molecule has 2 aromatic rings. The average Bonchev–Trinajstić information content (AvgIpc) is 3.04. The molecule has 1 heterocycles. The fraction of sp³-hybridized carbons (Fsp3) is 0.438. The molecule has 0 spiro atoms. The number of nitrogens with two attached hydrogens (primary N) is 1. The van der Waals surface area contributed by atoms with Crippen molar-refractivity contribution in [2.45, 2.75) is 38.3 Å². The Labute approximate surface area is 119 Å². The van der Waals surface area contributed by atoms with E-state index < -0.39 is 0 Å². The van der Waals surface area contributed by atoms with Crippen molar-refractivity contribution in [2.75, 3.05) is 7.11 Å². The zero-order chi connectivity index (χ0) is 14.2. The molecule has 20 heavy (non-hydrogen) atoms. The maximum absolute atomic E-state index is 6.70. The van der Waals surface area contributed by atoms with E-state index in [-0.39, 0.29) is 5.54 Å². The van der Waals surface area contributed by atoms with Crippen molar-refractivity contribution in [3.05, 3.63) is 47.5 Å². The van der Waals surface area contributed by atoms with Gasteiger partial charge in [0, 0.05) is 30.9 Å². The summed E-state index contributed by atoms with van der Waals surface area (Å²) in [5, 5.41) is 0. The van der Waals surface area contributed by atoms with Crippen LogP contribution in [0.15, 0.2) is 30.6 Å². The molecule has 1 atom stereocenters. The maximum atomic E-state index is 6.70. The SMILES string of the molecule is CCn1ccnc1CC1(N)CCc2ccc(OC)cc21. The van der Waals surface area contributed by atoms with E-state index in [1.165, 1.54) is 11.1 Å². The summed E-state index contributed by atoms with van der Waals surface area (Å²) in [5.41, 5.74) is 8.92. The van der Waals surface area contributed by atoms with Gasteiger partial charge in [0.2, 0.25) is 0 Å². The number of hydrogen-bond acceptors (Lipinski definition) is 3. The number of benzene rings is 1. The summed E-state index contributed by atoms with van der Waals surface area (Å²) in [6, 6.07) is 6.23. The number of hydrogen-bond donors (Lipinski definition) is 1. The molecule has 0 saturated carbocycles. The minimum absolute atomic E-state index is 0.331. The van der Waals surface area contributed by atoms with E-state index in [1.807, 2.05) is 18.5 Å². The third-order valence-corrected chi connectivity index (χ3v) is 4.31. The van der Waals surface area contributed by atoms with Gasteiger partial charge in [-0.05, 0) is 43.0 Å². The first-order valence-electron chi connectivity index (χ1n) is 7.12. The molecule has 1 aromatic carbocycles. The largest absolute Gasteiger partial charge is 0.497 e. The molecule has 0 radical (unpaired) electrons. The number of imidazole rings is 1. The van der Waals surface area contributed by atoms with Crippen LogP contribution in [0.3, 0.4) is 0 Å². The first-order chi connectivity index (χ1) is 9.66. The first-order valence-corrected chi connectivity index (χ1v) is 7.12. The summed E-state index contributed by atoms with van der Waals surface area (Å²) in [6.45, 7) is 3.05. The highest BCUT2D eigenvalue weighted by Gasteiger charge is 2.36. The third kappa shape index (κ3) is 2.10. The van der Waals surface area contributed by atoms with Crippen molar-refractivity contribution in [3.8, 4) is 5.75 Å². The van der Waals surface area contributed by atoms with Crippen molar-refractivity contribution in [2.24, 2.45) is 5.73 Å². The molecule has 2 N–H and O–H groups in total. The van der Waals surface area contributed by atoms with Crippen LogP contribution >= 0.6 is 0 Å². The van der Waals surface area contributed by atoms with E-state index in [4.69, 9.17) is 10.5 Å². The molecule has 1 aliphatic carbocycles. The molecule has 4 heteroatoms. The van der Waals surface area contributed by atoms with Gasteiger partial charge < -0.3 is 15.0 Å². The molecule has 1 unspecified atom stereocenters. The highest BCUT2D eigenvalue weighted by molar-refractivity contribution is 5.44. The average molecular weight is 271 g/mol. The number of ether oxygens (including phenoxy) is 1. The second-order valence-corrected chi connectivity index (χ2v) is 5.49. The van der Waals surface area contributed by atoms with E-state index in [0.717, 1.165) is 37.4 Å². The van der Waals surface area contributed by atoms with Crippen molar-refractivity contribution >= 4 is 0 Å². The van der Waals surface area contributed by atoms with E-state index in [9.17, 15) is 0 Å². The maximum Gasteiger partial charge on any atom is 0.119 e. The van der Waals surface area contributed by atoms with Gasteiger partial charge in [-0.1, -0.05) is 6.07 Å². The standard InChI is InChI=1S/C16H21N3O/c1-3-19-9-8-18-15(19)11-16(17)7-6-12-4-5-13(20-2)10-14(12)16/h4-5,8-10H,3,6-7,11,17H2,1-2H3. The first kappa shape index (κ1) is 13.2. The predicted molar refractivity (Wildman–Crippen MR) is 78.8 cm³/mol. The summed E-state index contributed by atoms with van der Waals surface area (Å²) in [6.07, 6.45) is 6.63. The monoisotopic (exact) mass is 271 g/mol. The number of aromatic nitrogens is 2. The van der Waals surface area contributed by atoms with Crippen LogP contribution in [0.2, 0.25) is 0 Å². The van der Waals surface area contributed by atoms with E-state index in [1.54, 1.807) is 7.11 Å². The van der Waals surface area contributed by atoms with E-state index in [0.29, 0.717) is 0 Å². The molecule has 3 rings (SSSR count). The summed E-state index contributed by atoms with van der Waals surface area (Å²) in [7, 11) is 1.69. The van der Waals surface area contributed by atoms with Gasteiger partial charge in [-0.15, -0.1) is 0 Å². The molecular weight excluding hydrogens is 250 g/mol. The predicted octanol–water partition coefficient (Wildman–Crippen LogP) is 2.25. The molecule has 106 valence electrons. The smallest absolute Gasteiger partial charge is 0.119 e. The lowest BCUT2D eigenvalue weighted by molar-refractivity contribution is 0.403. The van der Waals surface area contributed by atoms with Gasteiger partial charge in [0.05, 0.1) is 7.11 Å². The number of methoxy groups -OCH3 is 1. The van der Waals surface area contributed by atoms with Gasteiger partial charge in [0.1, 0.15) is 11.6 Å².